The number of halogens is 4. The molecule has 1 heterocycles. The van der Waals surface area contributed by atoms with Crippen molar-refractivity contribution in [3.63, 3.8) is 0 Å². The van der Waals surface area contributed by atoms with Gasteiger partial charge in [0.05, 0.1) is 18.8 Å². The number of nitrogens with one attached hydrogen (secondary N) is 1. The molecule has 142 valence electrons. The molecule has 1 N–H and O–H groups in total. The summed E-state index contributed by atoms with van der Waals surface area (Å²) in [6, 6.07) is 5.23. The first-order valence-electron chi connectivity index (χ1n) is 7.69. The molecule has 0 amide bonds. The molecule has 1 aliphatic heterocycles. The van der Waals surface area contributed by atoms with Crippen molar-refractivity contribution in [2.75, 3.05) is 26.3 Å². The first-order valence-corrected chi connectivity index (χ1v) is 9.51. The second kappa shape index (κ2) is 7.40. The second-order valence-electron chi connectivity index (χ2n) is 6.01. The van der Waals surface area contributed by atoms with Gasteiger partial charge in [-0.15, -0.1) is 0 Å². The number of nitrogens with zero attached hydrogens (tertiary/aromatic N) is 1. The van der Waals surface area contributed by atoms with Crippen molar-refractivity contribution in [3.05, 3.63) is 34.9 Å². The predicted octanol–water partition coefficient (Wildman–Crippen LogP) is 2.93. The van der Waals surface area contributed by atoms with Crippen molar-refractivity contribution in [3.8, 4) is 0 Å². The fourth-order valence-corrected chi connectivity index (χ4v) is 4.86. The van der Waals surface area contributed by atoms with E-state index in [0.717, 1.165) is 4.31 Å². The molecule has 10 heteroatoms. The van der Waals surface area contributed by atoms with Gasteiger partial charge in [-0.05, 0) is 24.6 Å². The minimum absolute atomic E-state index is 0.0331. The normalized spacial score (nSPS) is 24.2. The van der Waals surface area contributed by atoms with Gasteiger partial charge in [0.1, 0.15) is 5.92 Å². The standard InChI is InChI=1S/C15H20ClF3N2O3S/c1-3-20-25(22,23)21-8-9-24-10-14(21,2)13(15(17,18)19)11-4-6-12(16)7-5-11/h4-7,13,20H,3,8-10H2,1-2H3. The van der Waals surface area contributed by atoms with Crippen LogP contribution in [0.3, 0.4) is 0 Å². The van der Waals surface area contributed by atoms with Gasteiger partial charge in [0, 0.05) is 18.1 Å². The van der Waals surface area contributed by atoms with Crippen LogP contribution >= 0.6 is 11.6 Å². The molecule has 0 saturated carbocycles. The lowest BCUT2D eigenvalue weighted by Gasteiger charge is -2.48. The number of benzene rings is 1. The molecule has 1 aromatic rings. The first kappa shape index (κ1) is 20.4. The van der Waals surface area contributed by atoms with E-state index in [1.54, 1.807) is 6.92 Å². The van der Waals surface area contributed by atoms with E-state index < -0.39 is 27.8 Å². The molecule has 2 unspecified atom stereocenters. The zero-order valence-corrected chi connectivity index (χ0v) is 15.4. The number of morpholine rings is 1. The molecule has 0 spiro atoms. The lowest BCUT2D eigenvalue weighted by Crippen LogP contribution is -2.64. The van der Waals surface area contributed by atoms with Crippen molar-refractivity contribution in [1.29, 1.82) is 0 Å². The minimum Gasteiger partial charge on any atom is -0.378 e. The van der Waals surface area contributed by atoms with E-state index >= 15 is 0 Å². The smallest absolute Gasteiger partial charge is 0.378 e. The van der Waals surface area contributed by atoms with Crippen LogP contribution in [0.15, 0.2) is 24.3 Å². The van der Waals surface area contributed by atoms with Gasteiger partial charge in [-0.1, -0.05) is 30.7 Å². The Balaban J connectivity index is 2.57. The maximum absolute atomic E-state index is 14.0. The molecule has 0 bridgehead atoms. The summed E-state index contributed by atoms with van der Waals surface area (Å²) in [6.45, 7) is 2.40. The number of ether oxygens (including phenoxy) is 1. The highest BCUT2D eigenvalue weighted by molar-refractivity contribution is 7.87. The number of rotatable bonds is 5. The van der Waals surface area contributed by atoms with Crippen LogP contribution in [0, 0.1) is 0 Å². The summed E-state index contributed by atoms with van der Waals surface area (Å²) >= 11 is 5.77. The van der Waals surface area contributed by atoms with Gasteiger partial charge >= 0.3 is 6.18 Å². The SMILES string of the molecule is CCNS(=O)(=O)N1CCOCC1(C)C(c1ccc(Cl)cc1)C(F)(F)F. The van der Waals surface area contributed by atoms with Crippen molar-refractivity contribution >= 4 is 21.8 Å². The van der Waals surface area contributed by atoms with Crippen molar-refractivity contribution in [2.24, 2.45) is 0 Å². The second-order valence-corrected chi connectivity index (χ2v) is 8.13. The van der Waals surface area contributed by atoms with Crippen LogP contribution in [0.1, 0.15) is 25.3 Å². The summed E-state index contributed by atoms with van der Waals surface area (Å²) in [7, 11) is -4.09. The van der Waals surface area contributed by atoms with Crippen molar-refractivity contribution in [2.45, 2.75) is 31.5 Å². The Morgan fingerprint density at radius 1 is 1.36 bits per heavy atom. The zero-order chi connectivity index (χ0) is 18.9. The van der Waals surface area contributed by atoms with Gasteiger partial charge in [-0.2, -0.15) is 25.9 Å². The summed E-state index contributed by atoms with van der Waals surface area (Å²) in [4.78, 5) is 0. The number of hydrogen-bond donors (Lipinski definition) is 1. The summed E-state index contributed by atoms with van der Waals surface area (Å²) in [5, 5.41) is 0.298. The highest BCUT2D eigenvalue weighted by Gasteiger charge is 2.58. The highest BCUT2D eigenvalue weighted by atomic mass is 35.5. The Labute approximate surface area is 150 Å². The number of alkyl halides is 3. The van der Waals surface area contributed by atoms with Crippen LogP contribution in [-0.4, -0.2) is 50.7 Å². The largest absolute Gasteiger partial charge is 0.397 e. The van der Waals surface area contributed by atoms with Crippen molar-refractivity contribution < 1.29 is 26.3 Å². The lowest BCUT2D eigenvalue weighted by molar-refractivity contribution is -0.189. The molecule has 0 aliphatic carbocycles. The van der Waals surface area contributed by atoms with Gasteiger partial charge < -0.3 is 4.74 Å². The summed E-state index contributed by atoms with van der Waals surface area (Å²) in [5.74, 6) is -2.06. The van der Waals surface area contributed by atoms with E-state index in [0.29, 0.717) is 5.02 Å². The third-order valence-corrected chi connectivity index (χ3v) is 6.26. The third-order valence-electron chi connectivity index (χ3n) is 4.17. The van der Waals surface area contributed by atoms with E-state index in [1.807, 2.05) is 0 Å². The monoisotopic (exact) mass is 400 g/mol. The van der Waals surface area contributed by atoms with Crippen LogP contribution in [0.25, 0.3) is 0 Å². The highest BCUT2D eigenvalue weighted by Crippen LogP contribution is 2.47. The third kappa shape index (κ3) is 4.28. The first-order chi connectivity index (χ1) is 11.5. The van der Waals surface area contributed by atoms with Gasteiger partial charge in [0.2, 0.25) is 0 Å². The Morgan fingerprint density at radius 2 is 1.96 bits per heavy atom. The van der Waals surface area contributed by atoms with E-state index in [2.05, 4.69) is 4.72 Å². The lowest BCUT2D eigenvalue weighted by atomic mass is 9.79. The molecule has 25 heavy (non-hydrogen) atoms. The van der Waals surface area contributed by atoms with Gasteiger partial charge in [0.15, 0.2) is 0 Å². The molecular formula is C15H20ClF3N2O3S. The Morgan fingerprint density at radius 3 is 2.48 bits per heavy atom. The molecule has 0 aromatic heterocycles. The van der Waals surface area contributed by atoms with Crippen LogP contribution in [-0.2, 0) is 14.9 Å². The summed E-state index contributed by atoms with van der Waals surface area (Å²) in [5.41, 5.74) is -1.90. The molecule has 0 radical (unpaired) electrons. The summed E-state index contributed by atoms with van der Waals surface area (Å²) in [6.07, 6.45) is -4.68. The Hall–Kier alpha value is -0.870. The molecule has 1 aromatic carbocycles. The molecule has 1 aliphatic rings. The quantitative estimate of drug-likeness (QED) is 0.826. The molecule has 1 saturated heterocycles. The van der Waals surface area contributed by atoms with Gasteiger partial charge in [-0.25, -0.2) is 4.72 Å². The van der Waals surface area contributed by atoms with Crippen LogP contribution < -0.4 is 4.72 Å². The average molecular weight is 401 g/mol. The van der Waals surface area contributed by atoms with E-state index in [4.69, 9.17) is 16.3 Å². The van der Waals surface area contributed by atoms with Crippen LogP contribution in [0.4, 0.5) is 13.2 Å². The molecule has 1 fully saturated rings. The fraction of sp³-hybridized carbons (Fsp3) is 0.600. The zero-order valence-electron chi connectivity index (χ0n) is 13.8. The van der Waals surface area contributed by atoms with E-state index in [1.165, 1.54) is 31.2 Å². The Kier molecular flexibility index (Phi) is 6.05. The molecule has 5 nitrogen and oxygen atoms in total. The molecule has 2 atom stereocenters. The summed E-state index contributed by atoms with van der Waals surface area (Å²) < 4.78 is 75.2. The van der Waals surface area contributed by atoms with Crippen LogP contribution in [0.2, 0.25) is 5.02 Å². The Bertz CT molecular complexity index is 697. The number of hydrogen-bond acceptors (Lipinski definition) is 3. The van der Waals surface area contributed by atoms with Crippen molar-refractivity contribution in [1.82, 2.24) is 9.03 Å². The fourth-order valence-electron chi connectivity index (χ4n) is 3.19. The predicted molar refractivity (Wildman–Crippen MR) is 88.8 cm³/mol. The maximum atomic E-state index is 14.0. The molecule has 2 rings (SSSR count). The van der Waals surface area contributed by atoms with Gasteiger partial charge in [-0.3, -0.25) is 0 Å². The van der Waals surface area contributed by atoms with E-state index in [-0.39, 0.29) is 31.9 Å². The topological polar surface area (TPSA) is 58.6 Å². The van der Waals surface area contributed by atoms with Gasteiger partial charge in [0.25, 0.3) is 10.2 Å². The van der Waals surface area contributed by atoms with Crippen LogP contribution in [0.5, 0.6) is 0 Å². The molecular weight excluding hydrogens is 381 g/mol. The van der Waals surface area contributed by atoms with E-state index in [9.17, 15) is 21.6 Å². The average Bonchev–Trinajstić information content (AvgIpc) is 2.48. The minimum atomic E-state index is -4.68. The maximum Gasteiger partial charge on any atom is 0.397 e.